The predicted molar refractivity (Wildman–Crippen MR) is 86.4 cm³/mol. The lowest BCUT2D eigenvalue weighted by Crippen LogP contribution is -2.18. The molecule has 1 aromatic carbocycles. The molecule has 102 valence electrons. The van der Waals surface area contributed by atoms with Crippen molar-refractivity contribution >= 4 is 27.3 Å². The summed E-state index contributed by atoms with van der Waals surface area (Å²) in [6.45, 7) is 2.64. The van der Waals surface area contributed by atoms with E-state index >= 15 is 0 Å². The number of nitrogens with two attached hydrogens (primary N) is 1. The zero-order valence-corrected chi connectivity index (χ0v) is 13.5. The molecule has 1 heterocycles. The standard InChI is InChI=1S/C15H19BrN2S/c1-18(9-12-8-15(16)19-11-12)10-14-5-3-2-4-13(14)6-7-17/h2-5,8,11H,6-7,9-10,17H2,1H3. The minimum atomic E-state index is 0.707. The van der Waals surface area contributed by atoms with Crippen LogP contribution >= 0.6 is 27.3 Å². The molecule has 2 nitrogen and oxygen atoms in total. The van der Waals surface area contributed by atoms with E-state index in [-0.39, 0.29) is 0 Å². The second-order valence-corrected chi connectivity index (χ2v) is 7.03. The lowest BCUT2D eigenvalue weighted by atomic mass is 10.0. The van der Waals surface area contributed by atoms with E-state index in [9.17, 15) is 0 Å². The number of hydrogen-bond acceptors (Lipinski definition) is 3. The van der Waals surface area contributed by atoms with Gasteiger partial charge in [0, 0.05) is 13.1 Å². The Morgan fingerprint density at radius 1 is 1.21 bits per heavy atom. The van der Waals surface area contributed by atoms with E-state index in [1.165, 1.54) is 20.5 Å². The summed E-state index contributed by atoms with van der Waals surface area (Å²) < 4.78 is 1.19. The summed E-state index contributed by atoms with van der Waals surface area (Å²) in [6.07, 6.45) is 0.952. The van der Waals surface area contributed by atoms with Crippen molar-refractivity contribution in [2.45, 2.75) is 19.5 Å². The Hall–Kier alpha value is -0.680. The maximum absolute atomic E-state index is 5.67. The zero-order chi connectivity index (χ0) is 13.7. The first kappa shape index (κ1) is 14.7. The van der Waals surface area contributed by atoms with Gasteiger partial charge in [0.15, 0.2) is 0 Å². The highest BCUT2D eigenvalue weighted by molar-refractivity contribution is 9.11. The third kappa shape index (κ3) is 4.42. The Kier molecular flexibility index (Phi) is 5.58. The van der Waals surface area contributed by atoms with Crippen LogP contribution in [0.3, 0.4) is 0 Å². The first-order chi connectivity index (χ1) is 9.19. The van der Waals surface area contributed by atoms with Crippen LogP contribution in [0.1, 0.15) is 16.7 Å². The number of thiophene rings is 1. The Morgan fingerprint density at radius 2 is 1.95 bits per heavy atom. The Labute approximate surface area is 127 Å². The minimum absolute atomic E-state index is 0.707. The molecular formula is C15H19BrN2S. The molecule has 0 radical (unpaired) electrons. The van der Waals surface area contributed by atoms with Gasteiger partial charge in [0.25, 0.3) is 0 Å². The highest BCUT2D eigenvalue weighted by Crippen LogP contribution is 2.22. The summed E-state index contributed by atoms with van der Waals surface area (Å²) in [7, 11) is 2.16. The number of hydrogen-bond donors (Lipinski definition) is 1. The summed E-state index contributed by atoms with van der Waals surface area (Å²) in [5, 5.41) is 2.20. The van der Waals surface area contributed by atoms with E-state index in [1.807, 2.05) is 0 Å². The molecular weight excluding hydrogens is 320 g/mol. The monoisotopic (exact) mass is 338 g/mol. The molecule has 1 aromatic heterocycles. The minimum Gasteiger partial charge on any atom is -0.330 e. The summed E-state index contributed by atoms with van der Waals surface area (Å²) >= 11 is 5.24. The highest BCUT2D eigenvalue weighted by Gasteiger charge is 2.06. The first-order valence-corrected chi connectivity index (χ1v) is 8.04. The molecule has 2 aromatic rings. The van der Waals surface area contributed by atoms with Crippen LogP contribution in [0.5, 0.6) is 0 Å². The summed E-state index contributed by atoms with van der Waals surface area (Å²) in [4.78, 5) is 2.34. The van der Waals surface area contributed by atoms with Crippen LogP contribution in [0.15, 0.2) is 39.5 Å². The molecule has 0 aliphatic rings. The van der Waals surface area contributed by atoms with E-state index in [2.05, 4.69) is 63.6 Å². The van der Waals surface area contributed by atoms with Gasteiger partial charge in [-0.05, 0) is 64.1 Å². The molecule has 2 rings (SSSR count). The molecule has 19 heavy (non-hydrogen) atoms. The van der Waals surface area contributed by atoms with Crippen LogP contribution in [0.25, 0.3) is 0 Å². The maximum Gasteiger partial charge on any atom is 0.0701 e. The molecule has 0 saturated carbocycles. The van der Waals surface area contributed by atoms with Crippen LogP contribution in [-0.2, 0) is 19.5 Å². The molecule has 4 heteroatoms. The third-order valence-corrected chi connectivity index (χ3v) is 4.60. The van der Waals surface area contributed by atoms with Gasteiger partial charge in [-0.25, -0.2) is 0 Å². The van der Waals surface area contributed by atoms with Gasteiger partial charge < -0.3 is 5.73 Å². The number of rotatable bonds is 6. The normalized spacial score (nSPS) is 11.2. The largest absolute Gasteiger partial charge is 0.330 e. The van der Waals surface area contributed by atoms with E-state index in [4.69, 9.17) is 5.73 Å². The van der Waals surface area contributed by atoms with Gasteiger partial charge in [-0.3, -0.25) is 4.90 Å². The van der Waals surface area contributed by atoms with E-state index < -0.39 is 0 Å². The van der Waals surface area contributed by atoms with Gasteiger partial charge in [0.2, 0.25) is 0 Å². The van der Waals surface area contributed by atoms with E-state index in [0.717, 1.165) is 19.5 Å². The molecule has 0 saturated heterocycles. The van der Waals surface area contributed by atoms with Crippen LogP contribution in [0.2, 0.25) is 0 Å². The van der Waals surface area contributed by atoms with Gasteiger partial charge in [-0.15, -0.1) is 11.3 Å². The molecule has 0 aliphatic carbocycles. The topological polar surface area (TPSA) is 29.3 Å². The van der Waals surface area contributed by atoms with Crippen LogP contribution in [0, 0.1) is 0 Å². The van der Waals surface area contributed by atoms with Crippen molar-refractivity contribution in [2.24, 2.45) is 5.73 Å². The van der Waals surface area contributed by atoms with Gasteiger partial charge in [-0.2, -0.15) is 0 Å². The fourth-order valence-corrected chi connectivity index (χ4v) is 3.40. The lowest BCUT2D eigenvalue weighted by Gasteiger charge is -2.18. The van der Waals surface area contributed by atoms with Crippen LogP contribution in [-0.4, -0.2) is 18.5 Å². The Balaban J connectivity index is 2.00. The summed E-state index contributed by atoms with van der Waals surface area (Å²) in [5.41, 5.74) is 9.77. The van der Waals surface area contributed by atoms with Gasteiger partial charge >= 0.3 is 0 Å². The fraction of sp³-hybridized carbons (Fsp3) is 0.333. The molecule has 0 fully saturated rings. The SMILES string of the molecule is CN(Cc1csc(Br)c1)Cc1ccccc1CCN. The van der Waals surface area contributed by atoms with Crippen LogP contribution in [0.4, 0.5) is 0 Å². The van der Waals surface area contributed by atoms with Crippen molar-refractivity contribution < 1.29 is 0 Å². The fourth-order valence-electron chi connectivity index (χ4n) is 2.20. The summed E-state index contributed by atoms with van der Waals surface area (Å²) in [6, 6.07) is 10.8. The number of nitrogens with zero attached hydrogens (tertiary/aromatic N) is 1. The third-order valence-electron chi connectivity index (χ3n) is 3.05. The second kappa shape index (κ2) is 7.20. The molecule has 0 aliphatic heterocycles. The second-order valence-electron chi connectivity index (χ2n) is 4.74. The average Bonchev–Trinajstić information content (AvgIpc) is 2.77. The predicted octanol–water partition coefficient (Wildman–Crippen LogP) is 3.64. The first-order valence-electron chi connectivity index (χ1n) is 6.37. The molecule has 0 spiro atoms. The van der Waals surface area contributed by atoms with Gasteiger partial charge in [0.05, 0.1) is 3.79 Å². The van der Waals surface area contributed by atoms with Crippen molar-refractivity contribution in [3.05, 3.63) is 56.2 Å². The van der Waals surface area contributed by atoms with Crippen molar-refractivity contribution in [3.8, 4) is 0 Å². The highest BCUT2D eigenvalue weighted by atomic mass is 79.9. The quantitative estimate of drug-likeness (QED) is 0.871. The molecule has 0 bridgehead atoms. The van der Waals surface area contributed by atoms with Gasteiger partial charge in [-0.1, -0.05) is 24.3 Å². The summed E-state index contributed by atoms with van der Waals surface area (Å²) in [5.74, 6) is 0. The van der Waals surface area contributed by atoms with Gasteiger partial charge in [0.1, 0.15) is 0 Å². The van der Waals surface area contributed by atoms with E-state index in [1.54, 1.807) is 11.3 Å². The average molecular weight is 339 g/mol. The Bertz CT molecular complexity index is 524. The van der Waals surface area contributed by atoms with Crippen molar-refractivity contribution in [1.82, 2.24) is 4.90 Å². The lowest BCUT2D eigenvalue weighted by molar-refractivity contribution is 0.318. The van der Waals surface area contributed by atoms with Crippen molar-refractivity contribution in [2.75, 3.05) is 13.6 Å². The van der Waals surface area contributed by atoms with Crippen molar-refractivity contribution in [1.29, 1.82) is 0 Å². The van der Waals surface area contributed by atoms with E-state index in [0.29, 0.717) is 6.54 Å². The molecule has 2 N–H and O–H groups in total. The molecule has 0 atom stereocenters. The van der Waals surface area contributed by atoms with Crippen molar-refractivity contribution in [3.63, 3.8) is 0 Å². The zero-order valence-electron chi connectivity index (χ0n) is 11.1. The molecule has 0 unspecified atom stereocenters. The number of halogens is 1. The molecule has 0 amide bonds. The Morgan fingerprint density at radius 3 is 2.58 bits per heavy atom. The smallest absolute Gasteiger partial charge is 0.0701 e. The number of benzene rings is 1. The van der Waals surface area contributed by atoms with Crippen LogP contribution < -0.4 is 5.73 Å². The maximum atomic E-state index is 5.67.